The van der Waals surface area contributed by atoms with Crippen LogP contribution in [-0.2, 0) is 43.0 Å². The van der Waals surface area contributed by atoms with Gasteiger partial charge in [-0.2, -0.15) is 0 Å². The van der Waals surface area contributed by atoms with Gasteiger partial charge in [0.15, 0.2) is 0 Å². The molecule has 22 rings (SSSR count). The Balaban J connectivity index is 0.000000137. The summed E-state index contributed by atoms with van der Waals surface area (Å²) in [5, 5.41) is 30.3. The number of benzene rings is 11. The molecule has 752 valence electrons. The van der Waals surface area contributed by atoms with E-state index in [1.807, 2.05) is 163 Å². The van der Waals surface area contributed by atoms with Crippen LogP contribution in [0.2, 0.25) is 0 Å². The van der Waals surface area contributed by atoms with E-state index in [-0.39, 0.29) is 65.1 Å². The molecule has 0 spiro atoms. The number of pyridine rings is 3. The molecular weight excluding hydrogens is 1880 g/mol. The third kappa shape index (κ3) is 23.3. The number of rotatable bonds is 25. The second kappa shape index (κ2) is 46.4. The molecule has 0 saturated carbocycles. The fraction of sp³-hybridized carbons (Fsp3) is 0.250. The van der Waals surface area contributed by atoms with Gasteiger partial charge in [0.2, 0.25) is 0 Å². The van der Waals surface area contributed by atoms with Gasteiger partial charge < -0.3 is 65.6 Å². The molecule has 6 amide bonds. The van der Waals surface area contributed by atoms with E-state index in [1.54, 1.807) is 79.3 Å². The summed E-state index contributed by atoms with van der Waals surface area (Å²) in [6.45, 7) is 6.83. The van der Waals surface area contributed by atoms with Crippen LogP contribution in [0.15, 0.2) is 316 Å². The van der Waals surface area contributed by atoms with Crippen molar-refractivity contribution in [2.75, 3.05) is 77.0 Å². The summed E-state index contributed by atoms with van der Waals surface area (Å²) in [6, 6.07) is 90.6. The van der Waals surface area contributed by atoms with Crippen LogP contribution in [0.4, 0.5) is 34.1 Å². The van der Waals surface area contributed by atoms with E-state index in [9.17, 15) is 43.5 Å². The second-order valence-corrected chi connectivity index (χ2v) is 39.5. The van der Waals surface area contributed by atoms with E-state index in [1.165, 1.54) is 59.8 Å². The number of carboxylic acid groups (broad SMARTS) is 1. The van der Waals surface area contributed by atoms with E-state index in [0.29, 0.717) is 97.4 Å². The summed E-state index contributed by atoms with van der Waals surface area (Å²) in [5.74, 6) is -2.18. The predicted molar refractivity (Wildman–Crippen MR) is 589 cm³/mol. The van der Waals surface area contributed by atoms with Crippen molar-refractivity contribution in [3.63, 3.8) is 0 Å². The number of aromatic nitrogens is 5. The Labute approximate surface area is 871 Å². The number of carboxylic acids is 1. The zero-order chi connectivity index (χ0) is 102. The number of methoxy groups -OCH3 is 1. The third-order valence-electron chi connectivity index (χ3n) is 29.5. The molecule has 3 fully saturated rings. The molecule has 11 aromatic carbocycles. The van der Waals surface area contributed by atoms with Crippen molar-refractivity contribution in [2.24, 2.45) is 0 Å². The zero-order valence-electron chi connectivity index (χ0n) is 83.4. The lowest BCUT2D eigenvalue weighted by atomic mass is 9.87. The van der Waals surface area contributed by atoms with Gasteiger partial charge in [-0.25, -0.2) is 9.59 Å². The van der Waals surface area contributed by atoms with Crippen molar-refractivity contribution in [3.8, 4) is 33.8 Å². The number of aryl methyl sites for hydroxylation is 3. The summed E-state index contributed by atoms with van der Waals surface area (Å²) in [4.78, 5) is 127. The molecule has 3 saturated heterocycles. The smallest absolute Gasteiger partial charge is 0.338 e. The number of anilines is 6. The first-order chi connectivity index (χ1) is 72.9. The van der Waals surface area contributed by atoms with Crippen molar-refractivity contribution in [2.45, 2.75) is 153 Å². The average Bonchev–Trinajstić information content (AvgIpc) is 1.78. The van der Waals surface area contributed by atoms with Crippen LogP contribution in [0.25, 0.3) is 55.6 Å². The van der Waals surface area contributed by atoms with Gasteiger partial charge in [0.25, 0.3) is 35.4 Å². The van der Waals surface area contributed by atoms with Crippen molar-refractivity contribution >= 4 is 115 Å². The number of halogens is 1. The maximum atomic E-state index is 13.9. The number of esters is 1. The first-order valence-electron chi connectivity index (χ1n) is 51.9. The lowest BCUT2D eigenvalue weighted by Gasteiger charge is -2.29. The Kier molecular flexibility index (Phi) is 31.1. The van der Waals surface area contributed by atoms with E-state index in [4.69, 9.17) is 26.3 Å². The molecule has 0 radical (unpaired) electrons. The normalized spacial score (nSPS) is 15.7. The molecule has 3 aliphatic carbocycles. The summed E-state index contributed by atoms with van der Waals surface area (Å²) >= 11 is 6.01. The molecule has 24 nitrogen and oxygen atoms in total. The van der Waals surface area contributed by atoms with Crippen molar-refractivity contribution < 1.29 is 48.2 Å². The number of alkyl halides is 1. The molecule has 8 heterocycles. The summed E-state index contributed by atoms with van der Waals surface area (Å²) < 4.78 is 9.01. The number of carbonyl (C=O) groups is 8. The number of carbonyl (C=O) groups excluding carboxylic acids is 7. The summed E-state index contributed by atoms with van der Waals surface area (Å²) in [5.41, 5.74) is 24.9. The topological polar surface area (TPSA) is 296 Å². The molecule has 25 heteroatoms. The molecule has 5 aromatic heterocycles. The Hall–Kier alpha value is -16.6. The van der Waals surface area contributed by atoms with Crippen LogP contribution >= 0.6 is 11.6 Å². The van der Waals surface area contributed by atoms with Crippen LogP contribution in [0.3, 0.4) is 0 Å². The minimum absolute atomic E-state index is 0.0138. The molecule has 3 aliphatic heterocycles. The molecule has 6 aliphatic rings. The number of ether oxygens (including phenoxy) is 1. The molecule has 0 bridgehead atoms. The fourth-order valence-corrected chi connectivity index (χ4v) is 22.0. The largest absolute Gasteiger partial charge is 0.478 e. The molecule has 16 aromatic rings. The standard InChI is InChI=1S/C45H43N5O4.C44H41N5O4.C35H35ClN4O2/c1-54-45(53)37-15-9-17-42-36(37)21-25-50(42)29-30-10-7-13-32(26-30)43(51)48-40-19-18-34(49-23-5-2-6-24-49)28-38(40)41-27-33(20-22-46-41)44(52)47-39-16-8-12-31-11-3-4-14-35(31)39;50-42(31-12-6-9-29(25-31)28-49-24-20-35-36(44(52)53)14-8-16-41(35)49)47-39-18-17-33(48-22-4-1-5-23-48)27-37(39)40-26-32(19-21-45-40)43(51)46-38-15-7-11-30-10-2-3-13-34(30)38;36-23-24-8-6-11-26(20-24)34(41)39-32-15-14-28(40-18-4-1-5-19-40)22-30(32)33-21-27(16-17-37-33)35(42)38-31-13-7-10-25-9-2-3-12-29(25)31/h3-4,7,9-11,13-15,17-22,25-28,39H,2,5-6,8,12,16,23-24,29H2,1H3,(H,47,52)(H,48,51);2-3,6,8-10,12-14,16-21,24-27,38H,1,4-5,7,11,15,22-23,28H2,(H,46,51)(H,47,50)(H,52,53);2-3,6,8-9,11-12,14-17,20-22,31H,1,4-5,7,10,13,18-19,23H2,(H,38,42)(H,39,41)/t39-;38-;31-/m000/s1. The minimum Gasteiger partial charge on any atom is -0.478 e. The third-order valence-corrected chi connectivity index (χ3v) is 29.8. The molecule has 0 unspecified atom stereocenters. The maximum absolute atomic E-state index is 13.9. The van der Waals surface area contributed by atoms with Gasteiger partial charge in [-0.15, -0.1) is 11.6 Å². The average molecular weight is 2000 g/mol. The van der Waals surface area contributed by atoms with Gasteiger partial charge in [-0.3, -0.25) is 43.7 Å². The molecule has 3 atom stereocenters. The highest BCUT2D eigenvalue weighted by Gasteiger charge is 2.31. The number of nitrogens with one attached hydrogen (secondary N) is 6. The molecule has 149 heavy (non-hydrogen) atoms. The van der Waals surface area contributed by atoms with Crippen molar-refractivity contribution in [1.29, 1.82) is 0 Å². The van der Waals surface area contributed by atoms with E-state index in [0.717, 1.165) is 202 Å². The number of hydrogen-bond donors (Lipinski definition) is 7. The zero-order valence-corrected chi connectivity index (χ0v) is 84.2. The molecular formula is C124H119ClN14O10. The van der Waals surface area contributed by atoms with Gasteiger partial charge in [0, 0.05) is 178 Å². The van der Waals surface area contributed by atoms with Gasteiger partial charge in [-0.1, -0.05) is 121 Å². The highest BCUT2D eigenvalue weighted by molar-refractivity contribution is 6.17. The van der Waals surface area contributed by atoms with Gasteiger partial charge in [0.05, 0.1) is 70.5 Å². The van der Waals surface area contributed by atoms with Crippen molar-refractivity contribution in [1.82, 2.24) is 40.0 Å². The SMILES string of the molecule is COC(=O)c1cccc2c1ccn2Cc1cccc(C(=O)Nc2ccc(N3CCCCC3)cc2-c2cc(C(=O)N[C@H]3CCCc4ccccc43)ccn2)c1.O=C(Nc1ccc(N2CCCCC2)cc1-c1cc(C(=O)N[C@H]2CCCc3ccccc32)ccn1)c1cccc(CCl)c1.O=C(Nc1ccc(N2CCCCC2)cc1-c1cc(C(=O)N[C@H]2CCCc3ccccc32)ccn1)c1cccc(Cn2ccc3c(C(=O)O)cccc32)c1. The fourth-order valence-electron chi connectivity index (χ4n) is 21.8. The number of aromatic carboxylic acids is 1. The van der Waals surface area contributed by atoms with Crippen LogP contribution in [-0.4, -0.2) is 123 Å². The van der Waals surface area contributed by atoms with Crippen LogP contribution in [0, 0.1) is 0 Å². The van der Waals surface area contributed by atoms with Gasteiger partial charge in [-0.05, 0) is 329 Å². The Morgan fingerprint density at radius 2 is 0.664 bits per heavy atom. The maximum Gasteiger partial charge on any atom is 0.338 e. The lowest BCUT2D eigenvalue weighted by Crippen LogP contribution is -2.31. The molecule has 7 N–H and O–H groups in total. The summed E-state index contributed by atoms with van der Waals surface area (Å²) in [6.07, 6.45) is 28.2. The van der Waals surface area contributed by atoms with Crippen LogP contribution < -0.4 is 46.6 Å². The number of amides is 6. The highest BCUT2D eigenvalue weighted by Crippen LogP contribution is 2.41. The van der Waals surface area contributed by atoms with E-state index < -0.39 is 5.97 Å². The van der Waals surface area contributed by atoms with E-state index >= 15 is 0 Å². The van der Waals surface area contributed by atoms with Gasteiger partial charge in [0.1, 0.15) is 0 Å². The van der Waals surface area contributed by atoms with Gasteiger partial charge >= 0.3 is 11.9 Å². The minimum atomic E-state index is -0.967. The lowest BCUT2D eigenvalue weighted by molar-refractivity contribution is 0.0601. The number of nitrogens with zero attached hydrogens (tertiary/aromatic N) is 8. The Morgan fingerprint density at radius 3 is 1.02 bits per heavy atom. The number of fused-ring (bicyclic) bond motifs is 5. The Morgan fingerprint density at radius 1 is 0.336 bits per heavy atom. The first kappa shape index (κ1) is 99.7. The second-order valence-electron chi connectivity index (χ2n) is 39.2. The summed E-state index contributed by atoms with van der Waals surface area (Å²) in [7, 11) is 1.38. The predicted octanol–water partition coefficient (Wildman–Crippen LogP) is 24.6. The first-order valence-corrected chi connectivity index (χ1v) is 52.4. The highest BCUT2D eigenvalue weighted by atomic mass is 35.5. The van der Waals surface area contributed by atoms with E-state index in [2.05, 4.69) is 135 Å². The van der Waals surface area contributed by atoms with Crippen LogP contribution in [0.1, 0.15) is 247 Å². The quantitative estimate of drug-likeness (QED) is 0.0207. The van der Waals surface area contributed by atoms with Crippen LogP contribution in [0.5, 0.6) is 0 Å². The van der Waals surface area contributed by atoms with Crippen molar-refractivity contribution in [3.05, 3.63) is 411 Å². The number of piperidine rings is 3. The monoisotopic (exact) mass is 2000 g/mol. The number of hydrogen-bond acceptors (Lipinski definition) is 15. The Bertz CT molecular complexity index is 7700.